The molecule has 32 heavy (non-hydrogen) atoms. The van der Waals surface area contributed by atoms with Crippen molar-refractivity contribution in [3.63, 3.8) is 0 Å². The molecule has 3 rings (SSSR count). The van der Waals surface area contributed by atoms with E-state index in [9.17, 15) is 9.59 Å². The molecule has 170 valence electrons. The molecule has 2 aromatic carbocycles. The van der Waals surface area contributed by atoms with Crippen molar-refractivity contribution in [3.05, 3.63) is 57.3 Å². The van der Waals surface area contributed by atoms with Gasteiger partial charge in [-0.25, -0.2) is 0 Å². The van der Waals surface area contributed by atoms with Crippen LogP contribution in [0.4, 0.5) is 0 Å². The molecule has 0 unspecified atom stereocenters. The third-order valence-corrected chi connectivity index (χ3v) is 6.39. The number of fused-ring (bicyclic) bond motifs is 1. The fourth-order valence-electron chi connectivity index (χ4n) is 3.27. The average molecular weight is 475 g/mol. The summed E-state index contributed by atoms with van der Waals surface area (Å²) in [7, 11) is 0. The van der Waals surface area contributed by atoms with Gasteiger partial charge in [0, 0.05) is 10.6 Å². The molecule has 0 aliphatic carbocycles. The van der Waals surface area contributed by atoms with Gasteiger partial charge in [-0.1, -0.05) is 42.7 Å². The molecule has 0 aliphatic heterocycles. The van der Waals surface area contributed by atoms with Crippen LogP contribution in [0.5, 0.6) is 5.75 Å². The van der Waals surface area contributed by atoms with Crippen LogP contribution < -0.4 is 9.54 Å². The maximum Gasteiger partial charge on any atom is 0.326 e. The Labute approximate surface area is 196 Å². The number of hydrogen-bond acceptors (Lipinski definition) is 5. The van der Waals surface area contributed by atoms with E-state index in [4.69, 9.17) is 21.1 Å². The summed E-state index contributed by atoms with van der Waals surface area (Å²) >= 11 is 7.64. The van der Waals surface area contributed by atoms with Gasteiger partial charge < -0.3 is 14.0 Å². The molecule has 3 aromatic rings. The van der Waals surface area contributed by atoms with E-state index in [2.05, 4.69) is 11.9 Å². The first-order valence-electron chi connectivity index (χ1n) is 10.7. The Kier molecular flexibility index (Phi) is 8.47. The molecule has 0 N–H and O–H groups in total. The van der Waals surface area contributed by atoms with E-state index in [0.29, 0.717) is 22.0 Å². The summed E-state index contributed by atoms with van der Waals surface area (Å²) < 4.78 is 13.4. The van der Waals surface area contributed by atoms with Crippen molar-refractivity contribution < 1.29 is 19.1 Å². The molecule has 0 atom stereocenters. The first-order chi connectivity index (χ1) is 15.4. The lowest BCUT2D eigenvalue weighted by Crippen LogP contribution is -2.23. The largest absolute Gasteiger partial charge is 0.494 e. The number of halogens is 1. The van der Waals surface area contributed by atoms with E-state index in [1.807, 2.05) is 13.0 Å². The Morgan fingerprint density at radius 1 is 1.09 bits per heavy atom. The minimum absolute atomic E-state index is 0.0499. The van der Waals surface area contributed by atoms with E-state index in [0.717, 1.165) is 40.8 Å². The van der Waals surface area contributed by atoms with Gasteiger partial charge in [0.05, 0.1) is 23.4 Å². The Bertz CT molecular complexity index is 1170. The van der Waals surface area contributed by atoms with E-state index in [1.54, 1.807) is 41.8 Å². The molecular weight excluding hydrogens is 448 g/mol. The predicted octanol–water partition coefficient (Wildman–Crippen LogP) is 5.54. The second-order valence-electron chi connectivity index (χ2n) is 7.29. The lowest BCUT2D eigenvalue weighted by molar-refractivity contribution is -0.143. The zero-order valence-electron chi connectivity index (χ0n) is 18.5. The number of unbranched alkanes of at least 4 members (excludes halogenated alkanes) is 2. The Morgan fingerprint density at radius 3 is 2.53 bits per heavy atom. The standard InChI is InChI=1S/C24H27ClN2O4S/c1-4-6-7-14-31-18-10-8-17(9-11-18)23(29)26-24-27(15-21(28)30-5-2)22-16(3)19(25)12-13-20(22)32-24/h8-13H,4-7,14-15H2,1-3H3. The van der Waals surface area contributed by atoms with Gasteiger partial charge in [-0.2, -0.15) is 4.99 Å². The normalized spacial score (nSPS) is 11.7. The molecule has 0 spiro atoms. The van der Waals surface area contributed by atoms with Crippen molar-refractivity contribution >= 4 is 45.0 Å². The highest BCUT2D eigenvalue weighted by Crippen LogP contribution is 2.27. The van der Waals surface area contributed by atoms with Crippen LogP contribution >= 0.6 is 22.9 Å². The van der Waals surface area contributed by atoms with Crippen LogP contribution in [-0.4, -0.2) is 29.7 Å². The molecule has 1 aromatic heterocycles. The molecule has 8 heteroatoms. The average Bonchev–Trinajstić information content (AvgIpc) is 3.12. The number of ether oxygens (including phenoxy) is 2. The number of nitrogens with zero attached hydrogens (tertiary/aromatic N) is 2. The summed E-state index contributed by atoms with van der Waals surface area (Å²) in [4.78, 5) is 29.8. The van der Waals surface area contributed by atoms with Gasteiger partial charge in [0.2, 0.25) is 0 Å². The smallest absolute Gasteiger partial charge is 0.326 e. The van der Waals surface area contributed by atoms with Gasteiger partial charge in [-0.3, -0.25) is 9.59 Å². The summed E-state index contributed by atoms with van der Waals surface area (Å²) in [5.74, 6) is -0.0670. The van der Waals surface area contributed by atoms with Crippen LogP contribution in [0.25, 0.3) is 10.2 Å². The number of rotatable bonds is 9. The van der Waals surface area contributed by atoms with E-state index < -0.39 is 11.9 Å². The van der Waals surface area contributed by atoms with Gasteiger partial charge in [0.25, 0.3) is 5.91 Å². The van der Waals surface area contributed by atoms with E-state index >= 15 is 0 Å². The molecular formula is C24H27ClN2O4S. The molecule has 0 bridgehead atoms. The number of carbonyl (C=O) groups is 2. The fraction of sp³-hybridized carbons (Fsp3) is 0.375. The van der Waals surface area contributed by atoms with Crippen molar-refractivity contribution in [1.29, 1.82) is 0 Å². The molecule has 0 aliphatic rings. The Morgan fingerprint density at radius 2 is 1.84 bits per heavy atom. The summed E-state index contributed by atoms with van der Waals surface area (Å²) in [6, 6.07) is 10.6. The third-order valence-electron chi connectivity index (χ3n) is 4.94. The third kappa shape index (κ3) is 5.78. The van der Waals surface area contributed by atoms with Gasteiger partial charge in [-0.15, -0.1) is 0 Å². The second-order valence-corrected chi connectivity index (χ2v) is 8.71. The lowest BCUT2D eigenvalue weighted by Gasteiger charge is -2.08. The minimum Gasteiger partial charge on any atom is -0.494 e. The topological polar surface area (TPSA) is 69.9 Å². The highest BCUT2D eigenvalue weighted by Gasteiger charge is 2.16. The molecule has 0 saturated carbocycles. The van der Waals surface area contributed by atoms with Crippen LogP contribution in [0.15, 0.2) is 41.4 Å². The maximum atomic E-state index is 12.9. The Hall–Kier alpha value is -2.64. The molecule has 6 nitrogen and oxygen atoms in total. The van der Waals surface area contributed by atoms with E-state index in [1.165, 1.54) is 11.3 Å². The minimum atomic E-state index is -0.398. The fourth-order valence-corrected chi connectivity index (χ4v) is 4.51. The molecule has 1 heterocycles. The first kappa shape index (κ1) is 24.0. The molecule has 0 saturated heterocycles. The van der Waals surface area contributed by atoms with Crippen molar-refractivity contribution in [2.45, 2.75) is 46.6 Å². The van der Waals surface area contributed by atoms with Crippen LogP contribution in [0.3, 0.4) is 0 Å². The van der Waals surface area contributed by atoms with Gasteiger partial charge in [0.1, 0.15) is 12.3 Å². The van der Waals surface area contributed by atoms with Crippen molar-refractivity contribution in [1.82, 2.24) is 4.57 Å². The second kappa shape index (κ2) is 11.3. The van der Waals surface area contributed by atoms with Crippen molar-refractivity contribution in [3.8, 4) is 5.75 Å². The summed E-state index contributed by atoms with van der Waals surface area (Å²) in [6.07, 6.45) is 3.27. The number of carbonyl (C=O) groups excluding carboxylic acids is 2. The lowest BCUT2D eigenvalue weighted by atomic mass is 10.2. The summed E-state index contributed by atoms with van der Waals surface area (Å²) in [5, 5.41) is 0.584. The number of hydrogen-bond donors (Lipinski definition) is 0. The number of benzene rings is 2. The number of esters is 1. The van der Waals surface area contributed by atoms with Crippen LogP contribution in [0, 0.1) is 6.92 Å². The summed E-state index contributed by atoms with van der Waals surface area (Å²) in [5.41, 5.74) is 2.04. The van der Waals surface area contributed by atoms with Crippen LogP contribution in [0.2, 0.25) is 5.02 Å². The van der Waals surface area contributed by atoms with Gasteiger partial charge in [-0.05, 0) is 62.2 Å². The highest BCUT2D eigenvalue weighted by molar-refractivity contribution is 7.16. The SMILES string of the molecule is CCCCCOc1ccc(C(=O)N=c2sc3ccc(Cl)c(C)c3n2CC(=O)OCC)cc1. The Balaban J connectivity index is 1.92. The van der Waals surface area contributed by atoms with Gasteiger partial charge in [0.15, 0.2) is 4.80 Å². The van der Waals surface area contributed by atoms with Gasteiger partial charge >= 0.3 is 5.97 Å². The quantitative estimate of drug-likeness (QED) is 0.301. The number of thiazole rings is 1. The zero-order chi connectivity index (χ0) is 23.1. The van der Waals surface area contributed by atoms with Crippen molar-refractivity contribution in [2.24, 2.45) is 4.99 Å². The highest BCUT2D eigenvalue weighted by atomic mass is 35.5. The van der Waals surface area contributed by atoms with Crippen LogP contribution in [-0.2, 0) is 16.1 Å². The number of aromatic nitrogens is 1. The maximum absolute atomic E-state index is 12.9. The van der Waals surface area contributed by atoms with Crippen molar-refractivity contribution in [2.75, 3.05) is 13.2 Å². The van der Waals surface area contributed by atoms with Crippen LogP contribution in [0.1, 0.15) is 49.0 Å². The number of aryl methyl sites for hydroxylation is 1. The monoisotopic (exact) mass is 474 g/mol. The first-order valence-corrected chi connectivity index (χ1v) is 11.9. The molecule has 0 fully saturated rings. The predicted molar refractivity (Wildman–Crippen MR) is 128 cm³/mol. The summed E-state index contributed by atoms with van der Waals surface area (Å²) in [6.45, 7) is 6.66. The molecule has 0 radical (unpaired) electrons. The zero-order valence-corrected chi connectivity index (χ0v) is 20.1. The number of amides is 1. The molecule has 1 amide bonds. The van der Waals surface area contributed by atoms with E-state index in [-0.39, 0.29) is 13.2 Å².